The van der Waals surface area contributed by atoms with Gasteiger partial charge in [-0.15, -0.1) is 0 Å². The van der Waals surface area contributed by atoms with Crippen LogP contribution >= 0.6 is 0 Å². The summed E-state index contributed by atoms with van der Waals surface area (Å²) in [7, 11) is 1.84. The summed E-state index contributed by atoms with van der Waals surface area (Å²) < 4.78 is 29.7. The molecule has 4 aromatic rings. The molecular formula is C23H22F2N4O. The summed E-state index contributed by atoms with van der Waals surface area (Å²) in [5, 5.41) is 18.0. The van der Waals surface area contributed by atoms with Gasteiger partial charge in [0.1, 0.15) is 29.9 Å². The van der Waals surface area contributed by atoms with E-state index in [0.717, 1.165) is 28.6 Å². The second-order valence-corrected chi connectivity index (χ2v) is 7.46. The lowest BCUT2D eigenvalue weighted by Crippen LogP contribution is -2.51. The van der Waals surface area contributed by atoms with Crippen molar-refractivity contribution in [3.05, 3.63) is 90.5 Å². The molecule has 7 heteroatoms. The van der Waals surface area contributed by atoms with Gasteiger partial charge in [0.2, 0.25) is 0 Å². The molecule has 1 N–H and O–H groups in total. The quantitative estimate of drug-likeness (QED) is 0.521. The van der Waals surface area contributed by atoms with Crippen molar-refractivity contribution in [1.82, 2.24) is 14.8 Å². The number of hydrogen-bond donors (Lipinski definition) is 1. The van der Waals surface area contributed by atoms with Crippen molar-refractivity contribution >= 4 is 16.5 Å². The summed E-state index contributed by atoms with van der Waals surface area (Å²) in [6.45, 7) is 1.75. The molecule has 4 rings (SSSR count). The standard InChI is InChI=1S/C23H22F2N4O/c1-16(28(2)20-9-7-17-5-3-4-6-18(17)11-20)23(30,13-29-15-26-14-27-29)21-10-8-19(24)12-22(21)25/h3-12,14-16,30H,13H2,1-2H3/t16-,23-/m1/s1. The van der Waals surface area contributed by atoms with Crippen molar-refractivity contribution in [2.24, 2.45) is 0 Å². The zero-order chi connectivity index (χ0) is 21.3. The van der Waals surface area contributed by atoms with E-state index in [-0.39, 0.29) is 12.1 Å². The lowest BCUT2D eigenvalue weighted by atomic mass is 9.85. The average molecular weight is 408 g/mol. The van der Waals surface area contributed by atoms with Gasteiger partial charge in [0.05, 0.1) is 12.6 Å². The Morgan fingerprint density at radius 1 is 1.07 bits per heavy atom. The van der Waals surface area contributed by atoms with Crippen LogP contribution in [0.5, 0.6) is 0 Å². The van der Waals surface area contributed by atoms with Gasteiger partial charge >= 0.3 is 0 Å². The molecule has 5 nitrogen and oxygen atoms in total. The molecule has 0 saturated carbocycles. The number of rotatable bonds is 6. The van der Waals surface area contributed by atoms with Gasteiger partial charge in [-0.1, -0.05) is 36.4 Å². The van der Waals surface area contributed by atoms with Crippen LogP contribution in [-0.2, 0) is 12.1 Å². The van der Waals surface area contributed by atoms with Crippen molar-refractivity contribution in [2.45, 2.75) is 25.1 Å². The van der Waals surface area contributed by atoms with Gasteiger partial charge in [0, 0.05) is 24.4 Å². The molecule has 0 bridgehead atoms. The molecule has 0 aliphatic rings. The molecule has 30 heavy (non-hydrogen) atoms. The number of halogens is 2. The van der Waals surface area contributed by atoms with Gasteiger partial charge in [-0.25, -0.2) is 18.4 Å². The monoisotopic (exact) mass is 408 g/mol. The van der Waals surface area contributed by atoms with Gasteiger partial charge < -0.3 is 10.0 Å². The molecule has 0 spiro atoms. The zero-order valence-electron chi connectivity index (χ0n) is 16.7. The van der Waals surface area contributed by atoms with Crippen molar-refractivity contribution in [1.29, 1.82) is 0 Å². The molecule has 1 heterocycles. The maximum Gasteiger partial charge on any atom is 0.137 e. The fourth-order valence-corrected chi connectivity index (χ4v) is 3.78. The normalized spacial score (nSPS) is 14.4. The van der Waals surface area contributed by atoms with E-state index in [2.05, 4.69) is 10.1 Å². The molecule has 0 amide bonds. The maximum atomic E-state index is 14.7. The van der Waals surface area contributed by atoms with E-state index in [4.69, 9.17) is 0 Å². The molecule has 3 aromatic carbocycles. The first-order valence-electron chi connectivity index (χ1n) is 9.60. The van der Waals surface area contributed by atoms with Crippen molar-refractivity contribution in [2.75, 3.05) is 11.9 Å². The Hall–Kier alpha value is -3.32. The summed E-state index contributed by atoms with van der Waals surface area (Å²) in [6, 6.07) is 16.6. The fraction of sp³-hybridized carbons (Fsp3) is 0.217. The van der Waals surface area contributed by atoms with Crippen molar-refractivity contribution < 1.29 is 13.9 Å². The molecule has 1 aromatic heterocycles. The van der Waals surface area contributed by atoms with E-state index in [1.807, 2.05) is 54.4 Å². The summed E-state index contributed by atoms with van der Waals surface area (Å²) in [6.07, 6.45) is 2.80. The maximum absolute atomic E-state index is 14.7. The Kier molecular flexibility index (Phi) is 5.22. The highest BCUT2D eigenvalue weighted by Crippen LogP contribution is 2.34. The average Bonchev–Trinajstić information content (AvgIpc) is 3.25. The van der Waals surface area contributed by atoms with E-state index in [9.17, 15) is 13.9 Å². The van der Waals surface area contributed by atoms with E-state index >= 15 is 0 Å². The zero-order valence-corrected chi connectivity index (χ0v) is 16.7. The highest BCUT2D eigenvalue weighted by Gasteiger charge is 2.41. The number of hydrogen-bond acceptors (Lipinski definition) is 4. The Balaban J connectivity index is 1.76. The van der Waals surface area contributed by atoms with Crippen LogP contribution in [0.15, 0.2) is 73.3 Å². The predicted molar refractivity (Wildman–Crippen MR) is 112 cm³/mol. The van der Waals surface area contributed by atoms with Gasteiger partial charge in [0.25, 0.3) is 0 Å². The van der Waals surface area contributed by atoms with E-state index in [1.165, 1.54) is 23.4 Å². The molecule has 0 aliphatic heterocycles. The molecular weight excluding hydrogens is 386 g/mol. The Bertz CT molecular complexity index is 1170. The summed E-state index contributed by atoms with van der Waals surface area (Å²) >= 11 is 0. The van der Waals surface area contributed by atoms with Crippen LogP contribution in [0.3, 0.4) is 0 Å². The number of aromatic nitrogens is 3. The molecule has 0 saturated heterocycles. The van der Waals surface area contributed by atoms with Crippen LogP contribution < -0.4 is 4.90 Å². The third-order valence-corrected chi connectivity index (χ3v) is 5.68. The third kappa shape index (κ3) is 3.64. The second-order valence-electron chi connectivity index (χ2n) is 7.46. The minimum Gasteiger partial charge on any atom is -0.381 e. The second kappa shape index (κ2) is 7.84. The Labute approximate surface area is 173 Å². The molecule has 0 unspecified atom stereocenters. The highest BCUT2D eigenvalue weighted by molar-refractivity contribution is 5.85. The molecule has 154 valence electrons. The van der Waals surface area contributed by atoms with Crippen LogP contribution in [0.4, 0.5) is 14.5 Å². The highest BCUT2D eigenvalue weighted by atomic mass is 19.1. The van der Waals surface area contributed by atoms with Crippen LogP contribution in [-0.4, -0.2) is 33.0 Å². The first-order valence-corrected chi connectivity index (χ1v) is 9.60. The Morgan fingerprint density at radius 2 is 1.83 bits per heavy atom. The van der Waals surface area contributed by atoms with Gasteiger partial charge in [-0.05, 0) is 35.9 Å². The van der Waals surface area contributed by atoms with Crippen molar-refractivity contribution in [3.8, 4) is 0 Å². The van der Waals surface area contributed by atoms with E-state index in [1.54, 1.807) is 6.92 Å². The largest absolute Gasteiger partial charge is 0.381 e. The van der Waals surface area contributed by atoms with Gasteiger partial charge in [-0.3, -0.25) is 0 Å². The summed E-state index contributed by atoms with van der Waals surface area (Å²) in [5.74, 6) is -1.51. The minimum absolute atomic E-state index is 0.000427. The number of fused-ring (bicyclic) bond motifs is 1. The fourth-order valence-electron chi connectivity index (χ4n) is 3.78. The molecule has 0 aliphatic carbocycles. The SMILES string of the molecule is C[C@@H](N(C)c1ccc2ccccc2c1)[C@](O)(Cn1cncn1)c1ccc(F)cc1F. The van der Waals surface area contributed by atoms with E-state index in [0.29, 0.717) is 0 Å². The first-order chi connectivity index (χ1) is 14.4. The molecule has 2 atom stereocenters. The lowest BCUT2D eigenvalue weighted by molar-refractivity contribution is -0.00977. The lowest BCUT2D eigenvalue weighted by Gasteiger charge is -2.41. The smallest absolute Gasteiger partial charge is 0.137 e. The predicted octanol–water partition coefficient (Wildman–Crippen LogP) is 4.12. The number of benzene rings is 3. The number of anilines is 1. The number of likely N-dealkylation sites (N-methyl/N-ethyl adjacent to an activating group) is 1. The molecule has 0 fully saturated rings. The van der Waals surface area contributed by atoms with Crippen LogP contribution in [0.1, 0.15) is 12.5 Å². The summed E-state index contributed by atoms with van der Waals surface area (Å²) in [4.78, 5) is 5.79. The Morgan fingerprint density at radius 3 is 2.53 bits per heavy atom. The van der Waals surface area contributed by atoms with Gasteiger partial charge in [-0.2, -0.15) is 5.10 Å². The summed E-state index contributed by atoms with van der Waals surface area (Å²) in [5.41, 5.74) is -0.841. The first kappa shape index (κ1) is 20.0. The van der Waals surface area contributed by atoms with Crippen LogP contribution in [0.25, 0.3) is 10.8 Å². The minimum atomic E-state index is -1.70. The van der Waals surface area contributed by atoms with Crippen LogP contribution in [0, 0.1) is 11.6 Å². The third-order valence-electron chi connectivity index (χ3n) is 5.68. The number of aliphatic hydroxyl groups is 1. The van der Waals surface area contributed by atoms with Gasteiger partial charge in [0.15, 0.2) is 0 Å². The topological polar surface area (TPSA) is 54.2 Å². The van der Waals surface area contributed by atoms with Crippen LogP contribution in [0.2, 0.25) is 0 Å². The number of nitrogens with zero attached hydrogens (tertiary/aromatic N) is 4. The van der Waals surface area contributed by atoms with Crippen molar-refractivity contribution in [3.63, 3.8) is 0 Å². The van der Waals surface area contributed by atoms with E-state index < -0.39 is 23.3 Å². The molecule has 0 radical (unpaired) electrons.